The second-order valence-electron chi connectivity index (χ2n) is 5.58. The Kier molecular flexibility index (Phi) is 6.65. The Morgan fingerprint density at radius 2 is 2.00 bits per heavy atom. The SMILES string of the molecule is CCC(C)N(C)CCNc1ccc(N)c(OC(C)C)c1. The van der Waals surface area contributed by atoms with E-state index in [1.165, 1.54) is 6.42 Å². The third-order valence-corrected chi connectivity index (χ3v) is 3.51. The van der Waals surface area contributed by atoms with E-state index in [-0.39, 0.29) is 6.10 Å². The van der Waals surface area contributed by atoms with Gasteiger partial charge in [-0.15, -0.1) is 0 Å². The first-order valence-corrected chi connectivity index (χ1v) is 7.44. The molecule has 0 amide bonds. The maximum atomic E-state index is 5.91. The molecule has 20 heavy (non-hydrogen) atoms. The summed E-state index contributed by atoms with van der Waals surface area (Å²) in [5, 5.41) is 3.42. The van der Waals surface area contributed by atoms with Crippen LogP contribution in [0.1, 0.15) is 34.1 Å². The average molecular weight is 279 g/mol. The Bertz CT molecular complexity index is 407. The number of nitrogens with one attached hydrogen (secondary N) is 1. The lowest BCUT2D eigenvalue weighted by Gasteiger charge is -2.23. The van der Waals surface area contributed by atoms with Gasteiger partial charge in [0.15, 0.2) is 0 Å². The number of rotatable bonds is 8. The molecule has 4 heteroatoms. The molecule has 0 aromatic heterocycles. The van der Waals surface area contributed by atoms with Crippen molar-refractivity contribution < 1.29 is 4.74 Å². The number of nitrogen functional groups attached to an aromatic ring is 1. The number of hydrogen-bond donors (Lipinski definition) is 2. The van der Waals surface area contributed by atoms with Crippen LogP contribution in [0.5, 0.6) is 5.75 Å². The van der Waals surface area contributed by atoms with Gasteiger partial charge in [0.1, 0.15) is 5.75 Å². The number of nitrogens with zero attached hydrogens (tertiary/aromatic N) is 1. The predicted octanol–water partition coefficient (Wildman–Crippen LogP) is 3.20. The van der Waals surface area contributed by atoms with Gasteiger partial charge in [-0.25, -0.2) is 0 Å². The smallest absolute Gasteiger partial charge is 0.144 e. The monoisotopic (exact) mass is 279 g/mol. The Labute approximate surface area is 123 Å². The van der Waals surface area contributed by atoms with Crippen LogP contribution in [0.2, 0.25) is 0 Å². The van der Waals surface area contributed by atoms with Gasteiger partial charge >= 0.3 is 0 Å². The van der Waals surface area contributed by atoms with E-state index in [9.17, 15) is 0 Å². The molecule has 4 nitrogen and oxygen atoms in total. The van der Waals surface area contributed by atoms with Crippen molar-refractivity contribution >= 4 is 11.4 Å². The van der Waals surface area contributed by atoms with E-state index in [0.29, 0.717) is 11.7 Å². The third kappa shape index (κ3) is 5.29. The molecule has 0 spiro atoms. The summed E-state index contributed by atoms with van der Waals surface area (Å²) in [4.78, 5) is 2.36. The van der Waals surface area contributed by atoms with E-state index >= 15 is 0 Å². The van der Waals surface area contributed by atoms with Crippen molar-refractivity contribution in [3.63, 3.8) is 0 Å². The summed E-state index contributed by atoms with van der Waals surface area (Å²) in [6, 6.07) is 6.46. The first-order chi connectivity index (χ1) is 9.43. The van der Waals surface area contributed by atoms with Crippen LogP contribution in [0.4, 0.5) is 11.4 Å². The van der Waals surface area contributed by atoms with Crippen LogP contribution in [0, 0.1) is 0 Å². The molecule has 1 atom stereocenters. The van der Waals surface area contributed by atoms with Gasteiger partial charge in [-0.2, -0.15) is 0 Å². The molecule has 0 fully saturated rings. The van der Waals surface area contributed by atoms with Gasteiger partial charge in [-0.05, 0) is 46.4 Å². The van der Waals surface area contributed by atoms with Crippen LogP contribution in [0.25, 0.3) is 0 Å². The Morgan fingerprint density at radius 3 is 2.60 bits per heavy atom. The Hall–Kier alpha value is -1.42. The minimum atomic E-state index is 0.129. The van der Waals surface area contributed by atoms with Crippen molar-refractivity contribution in [3.8, 4) is 5.75 Å². The maximum Gasteiger partial charge on any atom is 0.144 e. The summed E-state index contributed by atoms with van der Waals surface area (Å²) in [6.45, 7) is 10.4. The Balaban J connectivity index is 2.52. The normalized spacial score (nSPS) is 12.8. The van der Waals surface area contributed by atoms with Gasteiger partial charge in [-0.3, -0.25) is 0 Å². The van der Waals surface area contributed by atoms with Gasteiger partial charge < -0.3 is 20.7 Å². The van der Waals surface area contributed by atoms with Crippen LogP contribution in [-0.2, 0) is 0 Å². The van der Waals surface area contributed by atoms with E-state index in [4.69, 9.17) is 10.5 Å². The molecule has 114 valence electrons. The lowest BCUT2D eigenvalue weighted by molar-refractivity contribution is 0.244. The van der Waals surface area contributed by atoms with Crippen LogP contribution >= 0.6 is 0 Å². The topological polar surface area (TPSA) is 50.5 Å². The lowest BCUT2D eigenvalue weighted by atomic mass is 10.2. The molecule has 1 unspecified atom stereocenters. The van der Waals surface area contributed by atoms with Crippen LogP contribution in [0.3, 0.4) is 0 Å². The van der Waals surface area contributed by atoms with E-state index in [0.717, 1.165) is 24.5 Å². The lowest BCUT2D eigenvalue weighted by Crippen LogP contribution is -2.32. The zero-order valence-corrected chi connectivity index (χ0v) is 13.4. The summed E-state index contributed by atoms with van der Waals surface area (Å²) in [7, 11) is 2.16. The summed E-state index contributed by atoms with van der Waals surface area (Å²) in [6.07, 6.45) is 1.30. The molecule has 1 aromatic rings. The van der Waals surface area contributed by atoms with Crippen molar-refractivity contribution in [1.82, 2.24) is 4.90 Å². The molecule has 0 aliphatic carbocycles. The highest BCUT2D eigenvalue weighted by Crippen LogP contribution is 2.26. The number of hydrogen-bond acceptors (Lipinski definition) is 4. The van der Waals surface area contributed by atoms with E-state index in [2.05, 4.69) is 31.1 Å². The highest BCUT2D eigenvalue weighted by molar-refractivity contribution is 5.61. The number of nitrogens with two attached hydrogens (primary N) is 1. The minimum absolute atomic E-state index is 0.129. The van der Waals surface area contributed by atoms with Crippen molar-refractivity contribution in [3.05, 3.63) is 18.2 Å². The molecular weight excluding hydrogens is 250 g/mol. The van der Waals surface area contributed by atoms with Gasteiger partial charge in [0.2, 0.25) is 0 Å². The van der Waals surface area contributed by atoms with Crippen molar-refractivity contribution in [2.75, 3.05) is 31.2 Å². The number of anilines is 2. The first kappa shape index (κ1) is 16.6. The molecule has 1 aromatic carbocycles. The average Bonchev–Trinajstić information content (AvgIpc) is 2.40. The van der Waals surface area contributed by atoms with Gasteiger partial charge in [0, 0.05) is 30.9 Å². The fourth-order valence-electron chi connectivity index (χ4n) is 1.91. The second kappa shape index (κ2) is 8.00. The molecule has 0 saturated carbocycles. The quantitative estimate of drug-likeness (QED) is 0.718. The van der Waals surface area contributed by atoms with E-state index < -0.39 is 0 Å². The molecular formula is C16H29N3O. The summed E-state index contributed by atoms with van der Waals surface area (Å²) in [5.74, 6) is 0.750. The molecule has 1 rings (SSSR count). The highest BCUT2D eigenvalue weighted by Gasteiger charge is 2.07. The van der Waals surface area contributed by atoms with E-state index in [1.807, 2.05) is 32.0 Å². The zero-order valence-electron chi connectivity index (χ0n) is 13.4. The van der Waals surface area contributed by atoms with Crippen molar-refractivity contribution in [1.29, 1.82) is 0 Å². The number of likely N-dealkylation sites (N-methyl/N-ethyl adjacent to an activating group) is 1. The number of ether oxygens (including phenoxy) is 1. The maximum absolute atomic E-state index is 5.91. The molecule has 0 radical (unpaired) electrons. The van der Waals surface area contributed by atoms with Gasteiger partial charge in [0.05, 0.1) is 11.8 Å². The van der Waals surface area contributed by atoms with Crippen LogP contribution in [-0.4, -0.2) is 37.2 Å². The molecule has 0 aliphatic rings. The Morgan fingerprint density at radius 1 is 1.30 bits per heavy atom. The molecule has 0 heterocycles. The largest absolute Gasteiger partial charge is 0.489 e. The molecule has 0 aliphatic heterocycles. The third-order valence-electron chi connectivity index (χ3n) is 3.51. The predicted molar refractivity (Wildman–Crippen MR) is 87.5 cm³/mol. The zero-order chi connectivity index (χ0) is 15.1. The fraction of sp³-hybridized carbons (Fsp3) is 0.625. The highest BCUT2D eigenvalue weighted by atomic mass is 16.5. The van der Waals surface area contributed by atoms with E-state index in [1.54, 1.807) is 0 Å². The summed E-state index contributed by atoms with van der Waals surface area (Å²) >= 11 is 0. The minimum Gasteiger partial charge on any atom is -0.489 e. The second-order valence-corrected chi connectivity index (χ2v) is 5.58. The van der Waals surface area contributed by atoms with Crippen molar-refractivity contribution in [2.24, 2.45) is 0 Å². The van der Waals surface area contributed by atoms with Gasteiger partial charge in [0.25, 0.3) is 0 Å². The summed E-state index contributed by atoms with van der Waals surface area (Å²) in [5.41, 5.74) is 7.64. The molecule has 0 bridgehead atoms. The van der Waals surface area contributed by atoms with Gasteiger partial charge in [-0.1, -0.05) is 6.92 Å². The van der Waals surface area contributed by atoms with Crippen LogP contribution in [0.15, 0.2) is 18.2 Å². The standard InChI is InChI=1S/C16H29N3O/c1-6-13(4)19(5)10-9-18-14-7-8-15(17)16(11-14)20-12(2)3/h7-8,11-13,18H,6,9-10,17H2,1-5H3. The first-order valence-electron chi connectivity index (χ1n) is 7.44. The fourth-order valence-corrected chi connectivity index (χ4v) is 1.91. The van der Waals surface area contributed by atoms with Crippen LogP contribution < -0.4 is 15.8 Å². The molecule has 3 N–H and O–H groups in total. The van der Waals surface area contributed by atoms with Crippen molar-refractivity contribution in [2.45, 2.75) is 46.3 Å². The molecule has 0 saturated heterocycles. The number of benzene rings is 1. The summed E-state index contributed by atoms with van der Waals surface area (Å²) < 4.78 is 5.69.